The summed E-state index contributed by atoms with van der Waals surface area (Å²) in [5.41, 5.74) is 5.87. The zero-order valence-corrected chi connectivity index (χ0v) is 10.6. The van der Waals surface area contributed by atoms with Crippen LogP contribution in [0, 0.1) is 0 Å². The molecule has 0 aromatic carbocycles. The molecule has 7 nitrogen and oxygen atoms in total. The van der Waals surface area contributed by atoms with E-state index in [1.165, 1.54) is 15.9 Å². The molecule has 2 aromatic rings. The fourth-order valence-electron chi connectivity index (χ4n) is 1.32. The Bertz CT molecular complexity index is 594. The average Bonchev–Trinajstić information content (AvgIpc) is 2.80. The summed E-state index contributed by atoms with van der Waals surface area (Å²) in [5.74, 6) is 0.298. The molecule has 0 atom stereocenters. The van der Waals surface area contributed by atoms with Crippen LogP contribution < -0.4 is 5.73 Å². The Balaban J connectivity index is 2.41. The number of nitrogens with two attached hydrogens (primary N) is 1. The Morgan fingerprint density at radius 2 is 2.17 bits per heavy atom. The molecule has 0 bridgehead atoms. The number of hydrogen-bond acceptors (Lipinski definition) is 5. The highest BCUT2D eigenvalue weighted by molar-refractivity contribution is 6.34. The van der Waals surface area contributed by atoms with Crippen LogP contribution in [0.5, 0.6) is 0 Å². The Kier molecular flexibility index (Phi) is 3.15. The van der Waals surface area contributed by atoms with Crippen molar-refractivity contribution < 1.29 is 4.79 Å². The Morgan fingerprint density at radius 3 is 2.83 bits per heavy atom. The quantitative estimate of drug-likeness (QED) is 0.860. The molecule has 94 valence electrons. The summed E-state index contributed by atoms with van der Waals surface area (Å²) in [4.78, 5) is 20.9. The van der Waals surface area contributed by atoms with Gasteiger partial charge < -0.3 is 10.6 Å². The van der Waals surface area contributed by atoms with E-state index < -0.39 is 0 Å². The van der Waals surface area contributed by atoms with Crippen molar-refractivity contribution in [3.63, 3.8) is 0 Å². The molecule has 2 rings (SSSR count). The molecule has 0 aliphatic rings. The van der Waals surface area contributed by atoms with Crippen LogP contribution in [0.1, 0.15) is 10.5 Å². The summed E-state index contributed by atoms with van der Waals surface area (Å²) in [6.07, 6.45) is 2.87. The van der Waals surface area contributed by atoms with Crippen molar-refractivity contribution in [1.82, 2.24) is 24.6 Å². The first-order chi connectivity index (χ1) is 8.50. The standard InChI is InChI=1S/C10H11ClN6O/c1-16(2)10(18)6-3-4-17(15-6)9-7(11)8(12)13-5-14-9/h3-5H,1-2H3,(H2,12,13,14). The summed E-state index contributed by atoms with van der Waals surface area (Å²) >= 11 is 5.97. The van der Waals surface area contributed by atoms with Gasteiger partial charge in [-0.25, -0.2) is 14.6 Å². The van der Waals surface area contributed by atoms with Crippen molar-refractivity contribution in [2.75, 3.05) is 19.8 Å². The predicted octanol–water partition coefficient (Wildman–Crippen LogP) is 0.600. The van der Waals surface area contributed by atoms with Crippen molar-refractivity contribution in [2.24, 2.45) is 0 Å². The maximum Gasteiger partial charge on any atom is 0.273 e. The molecule has 0 spiro atoms. The van der Waals surface area contributed by atoms with Crippen LogP contribution in [0.3, 0.4) is 0 Å². The van der Waals surface area contributed by atoms with Crippen LogP contribution in [0.25, 0.3) is 5.82 Å². The van der Waals surface area contributed by atoms with Crippen LogP contribution >= 0.6 is 11.6 Å². The first kappa shape index (κ1) is 12.3. The second-order valence-electron chi connectivity index (χ2n) is 3.74. The van der Waals surface area contributed by atoms with Gasteiger partial charge in [-0.1, -0.05) is 11.6 Å². The number of rotatable bonds is 2. The van der Waals surface area contributed by atoms with E-state index in [0.717, 1.165) is 0 Å². The molecule has 8 heteroatoms. The minimum Gasteiger partial charge on any atom is -0.382 e. The van der Waals surface area contributed by atoms with Crippen molar-refractivity contribution in [3.8, 4) is 5.82 Å². The highest BCUT2D eigenvalue weighted by Crippen LogP contribution is 2.21. The molecule has 18 heavy (non-hydrogen) atoms. The van der Waals surface area contributed by atoms with Gasteiger partial charge in [-0.2, -0.15) is 5.10 Å². The molecular weight excluding hydrogens is 256 g/mol. The lowest BCUT2D eigenvalue weighted by atomic mass is 10.4. The summed E-state index contributed by atoms with van der Waals surface area (Å²) in [6, 6.07) is 1.58. The van der Waals surface area contributed by atoms with Crippen molar-refractivity contribution in [3.05, 3.63) is 29.3 Å². The van der Waals surface area contributed by atoms with Gasteiger partial charge in [-0.3, -0.25) is 4.79 Å². The number of amides is 1. The molecular formula is C10H11ClN6O. The highest BCUT2D eigenvalue weighted by atomic mass is 35.5. The van der Waals surface area contributed by atoms with E-state index in [4.69, 9.17) is 17.3 Å². The number of nitrogen functional groups attached to an aromatic ring is 1. The number of hydrogen-bond donors (Lipinski definition) is 1. The first-order valence-electron chi connectivity index (χ1n) is 5.04. The second kappa shape index (κ2) is 4.61. The lowest BCUT2D eigenvalue weighted by molar-refractivity contribution is 0.0821. The Hall–Kier alpha value is -2.15. The minimum atomic E-state index is -0.202. The van der Waals surface area contributed by atoms with Gasteiger partial charge in [-0.05, 0) is 6.07 Å². The number of carbonyl (C=O) groups is 1. The molecule has 0 aliphatic heterocycles. The van der Waals surface area contributed by atoms with Gasteiger partial charge in [0, 0.05) is 20.3 Å². The average molecular weight is 267 g/mol. The van der Waals surface area contributed by atoms with Gasteiger partial charge in [0.1, 0.15) is 17.2 Å². The summed E-state index contributed by atoms with van der Waals surface area (Å²) in [6.45, 7) is 0. The van der Waals surface area contributed by atoms with E-state index in [-0.39, 0.29) is 16.7 Å². The SMILES string of the molecule is CN(C)C(=O)c1ccn(-c2ncnc(N)c2Cl)n1. The third-order valence-electron chi connectivity index (χ3n) is 2.23. The van der Waals surface area contributed by atoms with Gasteiger partial charge in [0.05, 0.1) is 0 Å². The topological polar surface area (TPSA) is 89.9 Å². The number of anilines is 1. The number of halogens is 1. The number of aromatic nitrogens is 4. The van der Waals surface area contributed by atoms with Gasteiger partial charge in [-0.15, -0.1) is 0 Å². The Labute approximate surface area is 108 Å². The smallest absolute Gasteiger partial charge is 0.273 e. The van der Waals surface area contributed by atoms with Crippen molar-refractivity contribution in [1.29, 1.82) is 0 Å². The zero-order valence-electron chi connectivity index (χ0n) is 9.83. The second-order valence-corrected chi connectivity index (χ2v) is 4.12. The van der Waals surface area contributed by atoms with Crippen molar-refractivity contribution >= 4 is 23.3 Å². The molecule has 2 N–H and O–H groups in total. The lowest BCUT2D eigenvalue weighted by Crippen LogP contribution is -2.22. The molecule has 2 aromatic heterocycles. The molecule has 0 radical (unpaired) electrons. The van der Waals surface area contributed by atoms with E-state index in [9.17, 15) is 4.79 Å². The lowest BCUT2D eigenvalue weighted by Gasteiger charge is -2.07. The summed E-state index contributed by atoms with van der Waals surface area (Å²) < 4.78 is 1.39. The van der Waals surface area contributed by atoms with E-state index >= 15 is 0 Å². The molecule has 2 heterocycles. The Morgan fingerprint density at radius 1 is 1.44 bits per heavy atom. The van der Waals surface area contributed by atoms with Crippen LogP contribution in [0.2, 0.25) is 5.02 Å². The fraction of sp³-hybridized carbons (Fsp3) is 0.200. The third-order valence-corrected chi connectivity index (χ3v) is 2.59. The molecule has 0 saturated heterocycles. The summed E-state index contributed by atoms with van der Waals surface area (Å²) in [5, 5.41) is 4.30. The van der Waals surface area contributed by atoms with Gasteiger partial charge >= 0.3 is 0 Å². The van der Waals surface area contributed by atoms with Crippen LogP contribution in [-0.4, -0.2) is 44.7 Å². The molecule has 1 amide bonds. The normalized spacial score (nSPS) is 10.4. The third kappa shape index (κ3) is 2.12. The molecule has 0 aliphatic carbocycles. The van der Waals surface area contributed by atoms with Gasteiger partial charge in [0.15, 0.2) is 11.5 Å². The van der Waals surface area contributed by atoms with E-state index in [1.807, 2.05) is 0 Å². The van der Waals surface area contributed by atoms with E-state index in [1.54, 1.807) is 26.4 Å². The number of nitrogens with zero attached hydrogens (tertiary/aromatic N) is 5. The molecule has 0 saturated carbocycles. The first-order valence-corrected chi connectivity index (χ1v) is 5.42. The summed E-state index contributed by atoms with van der Waals surface area (Å²) in [7, 11) is 3.30. The van der Waals surface area contributed by atoms with Gasteiger partial charge in [0.2, 0.25) is 0 Å². The molecule has 0 fully saturated rings. The highest BCUT2D eigenvalue weighted by Gasteiger charge is 2.14. The van der Waals surface area contributed by atoms with Crippen LogP contribution in [0.4, 0.5) is 5.82 Å². The van der Waals surface area contributed by atoms with Gasteiger partial charge in [0.25, 0.3) is 5.91 Å². The maximum absolute atomic E-state index is 11.7. The fourth-order valence-corrected chi connectivity index (χ4v) is 1.50. The molecule has 0 unspecified atom stereocenters. The van der Waals surface area contributed by atoms with Crippen LogP contribution in [-0.2, 0) is 0 Å². The predicted molar refractivity (Wildman–Crippen MR) is 66.6 cm³/mol. The van der Waals surface area contributed by atoms with Crippen LogP contribution in [0.15, 0.2) is 18.6 Å². The maximum atomic E-state index is 11.7. The monoisotopic (exact) mass is 266 g/mol. The minimum absolute atomic E-state index is 0.164. The van der Waals surface area contributed by atoms with Crippen molar-refractivity contribution in [2.45, 2.75) is 0 Å². The number of carbonyl (C=O) groups excluding carboxylic acids is 1. The van der Waals surface area contributed by atoms with E-state index in [2.05, 4.69) is 15.1 Å². The zero-order chi connectivity index (χ0) is 13.3. The van der Waals surface area contributed by atoms with E-state index in [0.29, 0.717) is 11.5 Å². The largest absolute Gasteiger partial charge is 0.382 e.